The normalized spacial score (nSPS) is 27.2. The minimum Gasteiger partial charge on any atom is -0.394 e. The largest absolute Gasteiger partial charge is 0.394 e. The second kappa shape index (κ2) is 8.70. The van der Waals surface area contributed by atoms with Crippen molar-refractivity contribution in [3.8, 4) is 0 Å². The van der Waals surface area contributed by atoms with E-state index in [2.05, 4.69) is 15.7 Å². The summed E-state index contributed by atoms with van der Waals surface area (Å²) in [6.07, 6.45) is -1.55. The summed E-state index contributed by atoms with van der Waals surface area (Å²) in [4.78, 5) is 2.03. The van der Waals surface area contributed by atoms with Crippen molar-refractivity contribution in [1.29, 1.82) is 0 Å². The number of aliphatic hydroxyl groups is 2. The van der Waals surface area contributed by atoms with Gasteiger partial charge in [0.05, 0.1) is 23.6 Å². The third kappa shape index (κ3) is 4.27. The maximum atomic E-state index is 13.1. The number of benzene rings is 2. The third-order valence-electron chi connectivity index (χ3n) is 5.82. The van der Waals surface area contributed by atoms with E-state index in [-0.39, 0.29) is 18.0 Å². The minimum atomic E-state index is -3.87. The van der Waals surface area contributed by atoms with Crippen molar-refractivity contribution in [3.05, 3.63) is 65.5 Å². The number of aliphatic hydroxyl groups excluding tert-OH is 2. The highest BCUT2D eigenvalue weighted by Gasteiger charge is 2.47. The van der Waals surface area contributed by atoms with Gasteiger partial charge in [0.25, 0.3) is 0 Å². The van der Waals surface area contributed by atoms with Crippen molar-refractivity contribution in [2.75, 3.05) is 19.7 Å². The molecule has 4 rings (SSSR count). The first kappa shape index (κ1) is 21.4. The average molecular weight is 437 g/mol. The van der Waals surface area contributed by atoms with Gasteiger partial charge in [-0.3, -0.25) is 4.90 Å². The van der Waals surface area contributed by atoms with E-state index >= 15 is 0 Å². The molecule has 0 bridgehead atoms. The number of halogens is 1. The van der Waals surface area contributed by atoms with E-state index in [1.54, 1.807) is 0 Å². The molecule has 2 aliphatic heterocycles. The summed E-state index contributed by atoms with van der Waals surface area (Å²) in [6, 6.07) is 12.2. The summed E-state index contributed by atoms with van der Waals surface area (Å²) < 4.78 is 46.5. The van der Waals surface area contributed by atoms with E-state index in [0.29, 0.717) is 13.1 Å². The van der Waals surface area contributed by atoms with E-state index < -0.39 is 40.2 Å². The fourth-order valence-corrected chi connectivity index (χ4v) is 5.30. The van der Waals surface area contributed by atoms with Gasteiger partial charge in [0.2, 0.25) is 10.0 Å². The molecule has 2 aromatic rings. The van der Waals surface area contributed by atoms with Crippen LogP contribution in [0.1, 0.15) is 11.1 Å². The van der Waals surface area contributed by atoms with Gasteiger partial charge in [-0.15, -0.1) is 0 Å². The summed E-state index contributed by atoms with van der Waals surface area (Å²) in [5.41, 5.74) is 2.42. The highest BCUT2D eigenvalue weighted by Crippen LogP contribution is 2.30. The molecule has 7 nitrogen and oxygen atoms in total. The maximum Gasteiger partial charge on any atom is 0.240 e. The van der Waals surface area contributed by atoms with Crippen molar-refractivity contribution < 1.29 is 27.8 Å². The summed E-state index contributed by atoms with van der Waals surface area (Å²) in [6.45, 7) is 0.876. The molecule has 2 aliphatic rings. The van der Waals surface area contributed by atoms with Crippen molar-refractivity contribution in [1.82, 2.24) is 9.62 Å². The van der Waals surface area contributed by atoms with Gasteiger partial charge in [-0.25, -0.2) is 17.5 Å². The first-order valence-electron chi connectivity index (χ1n) is 9.89. The van der Waals surface area contributed by atoms with E-state index in [9.17, 15) is 23.0 Å². The van der Waals surface area contributed by atoms with E-state index in [1.165, 1.54) is 17.7 Å². The quantitative estimate of drug-likeness (QED) is 0.615. The topological polar surface area (TPSA) is 99.1 Å². The molecule has 0 amide bonds. The number of nitrogens with zero attached hydrogens (tertiary/aromatic N) is 1. The molecule has 1 saturated heterocycles. The predicted octanol–water partition coefficient (Wildman–Crippen LogP) is 0.652. The first-order chi connectivity index (χ1) is 14.4. The van der Waals surface area contributed by atoms with Crippen molar-refractivity contribution in [2.24, 2.45) is 0 Å². The second-order valence-electron chi connectivity index (χ2n) is 7.67. The van der Waals surface area contributed by atoms with Crippen LogP contribution in [0.3, 0.4) is 0 Å². The Labute approximate surface area is 175 Å². The van der Waals surface area contributed by atoms with Gasteiger partial charge >= 0.3 is 0 Å². The minimum absolute atomic E-state index is 0.0513. The zero-order valence-corrected chi connectivity index (χ0v) is 17.1. The highest BCUT2D eigenvalue weighted by molar-refractivity contribution is 7.89. The van der Waals surface area contributed by atoms with Gasteiger partial charge in [0.15, 0.2) is 0 Å². The lowest BCUT2D eigenvalue weighted by molar-refractivity contribution is -0.0201. The van der Waals surface area contributed by atoms with Crippen molar-refractivity contribution in [2.45, 2.75) is 42.2 Å². The Morgan fingerprint density at radius 3 is 2.50 bits per heavy atom. The van der Waals surface area contributed by atoms with Gasteiger partial charge in [-0.2, -0.15) is 0 Å². The van der Waals surface area contributed by atoms with E-state index in [1.807, 2.05) is 18.2 Å². The number of ether oxygens (including phenoxy) is 1. The molecular weight excluding hydrogens is 411 g/mol. The van der Waals surface area contributed by atoms with E-state index in [4.69, 9.17) is 4.74 Å². The SMILES string of the molecule is O=S(=O)(NC[C@H]1O[C@@H](CO)[C@@H](O)[C@@H]1N1CCc2ccccc2C1)c1ccc(F)cc1. The maximum absolute atomic E-state index is 13.1. The number of fused-ring (bicyclic) bond motifs is 1. The molecule has 2 heterocycles. The van der Waals surface area contributed by atoms with Crippen molar-refractivity contribution >= 4 is 10.0 Å². The summed E-state index contributed by atoms with van der Waals surface area (Å²) in [7, 11) is -3.87. The molecule has 4 atom stereocenters. The molecule has 3 N–H and O–H groups in total. The molecule has 9 heteroatoms. The fraction of sp³-hybridized carbons (Fsp3) is 0.429. The van der Waals surface area contributed by atoms with Crippen LogP contribution < -0.4 is 4.72 Å². The van der Waals surface area contributed by atoms with Gasteiger partial charge in [-0.05, 0) is 41.8 Å². The number of rotatable bonds is 6. The second-order valence-corrected chi connectivity index (χ2v) is 9.44. The lowest BCUT2D eigenvalue weighted by Crippen LogP contribution is -2.52. The standard InChI is InChI=1S/C21H25FN2O5S/c22-16-5-7-17(8-6-16)30(27,28)23-11-18-20(21(26)19(13-25)29-18)24-10-9-14-3-1-2-4-15(14)12-24/h1-8,18-21,23,25-26H,9-13H2/t18-,19+,20-,21-/m1/s1. The number of hydrogen-bond acceptors (Lipinski definition) is 6. The fourth-order valence-electron chi connectivity index (χ4n) is 4.26. The smallest absolute Gasteiger partial charge is 0.240 e. The van der Waals surface area contributed by atoms with Crippen LogP contribution in [0.5, 0.6) is 0 Å². The van der Waals surface area contributed by atoms with Crippen LogP contribution in [-0.2, 0) is 27.7 Å². The molecule has 0 unspecified atom stereocenters. The van der Waals surface area contributed by atoms with Crippen LogP contribution in [0.15, 0.2) is 53.4 Å². The van der Waals surface area contributed by atoms with Crippen LogP contribution in [-0.4, -0.2) is 67.6 Å². The van der Waals surface area contributed by atoms with Gasteiger partial charge < -0.3 is 14.9 Å². The molecular formula is C21H25FN2O5S. The molecule has 30 heavy (non-hydrogen) atoms. The van der Waals surface area contributed by atoms with Crippen LogP contribution in [0.2, 0.25) is 0 Å². The Kier molecular flexibility index (Phi) is 6.19. The van der Waals surface area contributed by atoms with Crippen LogP contribution in [0, 0.1) is 5.82 Å². The lowest BCUT2D eigenvalue weighted by Gasteiger charge is -2.37. The Morgan fingerprint density at radius 2 is 1.80 bits per heavy atom. The highest BCUT2D eigenvalue weighted by atomic mass is 32.2. The zero-order chi connectivity index (χ0) is 21.3. The number of sulfonamides is 1. The Morgan fingerprint density at radius 1 is 1.10 bits per heavy atom. The van der Waals surface area contributed by atoms with Gasteiger partial charge in [-0.1, -0.05) is 24.3 Å². The third-order valence-corrected chi connectivity index (χ3v) is 7.26. The molecule has 0 aliphatic carbocycles. The van der Waals surface area contributed by atoms with Crippen LogP contribution >= 0.6 is 0 Å². The molecule has 0 aromatic heterocycles. The number of nitrogens with one attached hydrogen (secondary N) is 1. The van der Waals surface area contributed by atoms with Crippen molar-refractivity contribution in [3.63, 3.8) is 0 Å². The van der Waals surface area contributed by atoms with Gasteiger partial charge in [0, 0.05) is 19.6 Å². The molecule has 0 spiro atoms. The summed E-state index contributed by atoms with van der Waals surface area (Å²) in [5, 5.41) is 20.3. The van der Waals surface area contributed by atoms with Crippen LogP contribution in [0.25, 0.3) is 0 Å². The Balaban J connectivity index is 1.50. The van der Waals surface area contributed by atoms with E-state index in [0.717, 1.165) is 24.1 Å². The molecule has 162 valence electrons. The Hall–Kier alpha value is -1.88. The first-order valence-corrected chi connectivity index (χ1v) is 11.4. The monoisotopic (exact) mass is 436 g/mol. The summed E-state index contributed by atoms with van der Waals surface area (Å²) in [5.74, 6) is -0.521. The zero-order valence-electron chi connectivity index (χ0n) is 16.3. The number of hydrogen-bond donors (Lipinski definition) is 3. The molecule has 2 aromatic carbocycles. The molecule has 1 fully saturated rings. The lowest BCUT2D eigenvalue weighted by atomic mass is 9.95. The Bertz CT molecular complexity index is 985. The predicted molar refractivity (Wildman–Crippen MR) is 108 cm³/mol. The molecule has 0 radical (unpaired) electrons. The van der Waals surface area contributed by atoms with Crippen LogP contribution in [0.4, 0.5) is 4.39 Å². The van der Waals surface area contributed by atoms with Gasteiger partial charge in [0.1, 0.15) is 18.0 Å². The average Bonchev–Trinajstić information content (AvgIpc) is 3.07. The molecule has 0 saturated carbocycles. The summed E-state index contributed by atoms with van der Waals surface area (Å²) >= 11 is 0.